The number of hydrogen-bond donors (Lipinski definition) is 1. The van der Waals surface area contributed by atoms with Gasteiger partial charge in [-0.15, -0.1) is 5.10 Å². The number of rotatable bonds is 4. The van der Waals surface area contributed by atoms with E-state index >= 15 is 0 Å². The van der Waals surface area contributed by atoms with Gasteiger partial charge in [-0.1, -0.05) is 23.4 Å². The average Bonchev–Trinajstić information content (AvgIpc) is 2.99. The summed E-state index contributed by atoms with van der Waals surface area (Å²) in [5.41, 5.74) is 1.74. The predicted octanol–water partition coefficient (Wildman–Crippen LogP) is 2.57. The minimum absolute atomic E-state index is 0.313. The maximum Gasteiger partial charge on any atom is 0.132 e. The van der Waals surface area contributed by atoms with Crippen molar-refractivity contribution in [2.45, 2.75) is 6.61 Å². The van der Waals surface area contributed by atoms with Crippen LogP contribution in [0.2, 0.25) is 0 Å². The first-order valence-corrected chi connectivity index (χ1v) is 6.69. The molecule has 0 amide bonds. The number of methoxy groups -OCH3 is 1. The fourth-order valence-corrected chi connectivity index (χ4v) is 2.27. The summed E-state index contributed by atoms with van der Waals surface area (Å²) in [7, 11) is 1.57. The molecule has 2 aromatic carbocycles. The first-order chi connectivity index (χ1) is 10.7. The molecule has 6 heteroatoms. The summed E-state index contributed by atoms with van der Waals surface area (Å²) in [6.45, 7) is -0.326. The van der Waals surface area contributed by atoms with Crippen LogP contribution in [0.15, 0.2) is 48.5 Å². The van der Waals surface area contributed by atoms with Crippen LogP contribution in [0.5, 0.6) is 5.75 Å². The van der Waals surface area contributed by atoms with Crippen molar-refractivity contribution in [3.05, 3.63) is 60.0 Å². The van der Waals surface area contributed by atoms with E-state index in [-0.39, 0.29) is 6.61 Å². The van der Waals surface area contributed by atoms with Gasteiger partial charge in [0.05, 0.1) is 19.4 Å². The van der Waals surface area contributed by atoms with Gasteiger partial charge in [-0.25, -0.2) is 9.07 Å². The molecule has 0 unspecified atom stereocenters. The second-order valence-corrected chi connectivity index (χ2v) is 4.64. The van der Waals surface area contributed by atoms with Crippen molar-refractivity contribution in [1.29, 1.82) is 0 Å². The highest BCUT2D eigenvalue weighted by Gasteiger charge is 2.18. The monoisotopic (exact) mass is 299 g/mol. The Morgan fingerprint density at radius 1 is 1.18 bits per heavy atom. The molecule has 0 radical (unpaired) electrons. The van der Waals surface area contributed by atoms with Crippen molar-refractivity contribution in [2.24, 2.45) is 0 Å². The molecule has 3 rings (SSSR count). The van der Waals surface area contributed by atoms with Gasteiger partial charge in [-0.3, -0.25) is 0 Å². The molecule has 112 valence electrons. The molecule has 0 aliphatic carbocycles. The number of benzene rings is 2. The highest BCUT2D eigenvalue weighted by atomic mass is 19.1. The zero-order valence-electron chi connectivity index (χ0n) is 11.9. The number of nitrogens with zero attached hydrogens (tertiary/aromatic N) is 3. The average molecular weight is 299 g/mol. The predicted molar refractivity (Wildman–Crippen MR) is 79.2 cm³/mol. The molecule has 1 N–H and O–H groups in total. The zero-order valence-corrected chi connectivity index (χ0v) is 11.9. The van der Waals surface area contributed by atoms with Crippen molar-refractivity contribution in [2.75, 3.05) is 7.11 Å². The lowest BCUT2D eigenvalue weighted by Crippen LogP contribution is -2.02. The minimum atomic E-state index is -0.399. The SMILES string of the molecule is COc1cccc(-n2nnc(CO)c2-c2ccccc2F)c1. The van der Waals surface area contributed by atoms with E-state index in [1.807, 2.05) is 6.07 Å². The summed E-state index contributed by atoms with van der Waals surface area (Å²) in [4.78, 5) is 0. The van der Waals surface area contributed by atoms with E-state index in [0.717, 1.165) is 0 Å². The minimum Gasteiger partial charge on any atom is -0.497 e. The van der Waals surface area contributed by atoms with E-state index in [1.54, 1.807) is 43.5 Å². The third kappa shape index (κ3) is 2.44. The van der Waals surface area contributed by atoms with E-state index in [2.05, 4.69) is 10.3 Å². The Morgan fingerprint density at radius 2 is 2.00 bits per heavy atom. The summed E-state index contributed by atoms with van der Waals surface area (Å²) in [5.74, 6) is 0.252. The topological polar surface area (TPSA) is 60.2 Å². The normalized spacial score (nSPS) is 10.7. The van der Waals surface area contributed by atoms with Gasteiger partial charge in [0.2, 0.25) is 0 Å². The highest BCUT2D eigenvalue weighted by Crippen LogP contribution is 2.28. The third-order valence-corrected chi connectivity index (χ3v) is 3.32. The van der Waals surface area contributed by atoms with Gasteiger partial charge in [0.25, 0.3) is 0 Å². The Morgan fingerprint density at radius 3 is 2.73 bits per heavy atom. The van der Waals surface area contributed by atoms with Crippen molar-refractivity contribution >= 4 is 0 Å². The molecule has 1 heterocycles. The molecule has 0 aliphatic rings. The molecular weight excluding hydrogens is 285 g/mol. The first kappa shape index (κ1) is 14.2. The molecule has 0 atom stereocenters. The van der Waals surface area contributed by atoms with Gasteiger partial charge in [-0.05, 0) is 24.3 Å². The highest BCUT2D eigenvalue weighted by molar-refractivity contribution is 5.65. The van der Waals surface area contributed by atoms with E-state index in [0.29, 0.717) is 28.4 Å². The number of hydrogen-bond acceptors (Lipinski definition) is 4. The van der Waals surface area contributed by atoms with Crippen LogP contribution in [0.3, 0.4) is 0 Å². The molecule has 1 aromatic heterocycles. The Labute approximate surface area is 126 Å². The van der Waals surface area contributed by atoms with Crippen molar-refractivity contribution in [3.63, 3.8) is 0 Å². The summed E-state index contributed by atoms with van der Waals surface area (Å²) < 4.78 is 20.8. The molecule has 0 fully saturated rings. The number of halogens is 1. The van der Waals surface area contributed by atoms with Gasteiger partial charge >= 0.3 is 0 Å². The molecule has 0 aliphatic heterocycles. The van der Waals surface area contributed by atoms with Crippen molar-refractivity contribution in [3.8, 4) is 22.7 Å². The smallest absolute Gasteiger partial charge is 0.132 e. The lowest BCUT2D eigenvalue weighted by Gasteiger charge is -2.09. The van der Waals surface area contributed by atoms with E-state index in [1.165, 1.54) is 10.7 Å². The quantitative estimate of drug-likeness (QED) is 0.804. The summed E-state index contributed by atoms with van der Waals surface area (Å²) in [6.07, 6.45) is 0. The zero-order chi connectivity index (χ0) is 15.5. The second-order valence-electron chi connectivity index (χ2n) is 4.64. The van der Waals surface area contributed by atoms with Crippen LogP contribution >= 0.6 is 0 Å². The summed E-state index contributed by atoms with van der Waals surface area (Å²) in [6, 6.07) is 13.5. The standard InChI is InChI=1S/C16H14FN3O2/c1-22-12-6-4-5-11(9-12)20-16(15(10-21)18-19-20)13-7-2-3-8-14(13)17/h2-9,21H,10H2,1H3. The fourth-order valence-electron chi connectivity index (χ4n) is 2.27. The van der Waals surface area contributed by atoms with Crippen LogP contribution in [0.1, 0.15) is 5.69 Å². The molecule has 3 aromatic rings. The molecular formula is C16H14FN3O2. The van der Waals surface area contributed by atoms with Crippen molar-refractivity contribution in [1.82, 2.24) is 15.0 Å². The molecule has 5 nitrogen and oxygen atoms in total. The number of ether oxygens (including phenoxy) is 1. The van der Waals surface area contributed by atoms with E-state index in [4.69, 9.17) is 4.74 Å². The number of aliphatic hydroxyl groups excluding tert-OH is 1. The molecule has 0 spiro atoms. The maximum atomic E-state index is 14.1. The van der Waals surface area contributed by atoms with Crippen LogP contribution in [0, 0.1) is 5.82 Å². The fraction of sp³-hybridized carbons (Fsp3) is 0.125. The van der Waals surface area contributed by atoms with E-state index in [9.17, 15) is 9.50 Å². The van der Waals surface area contributed by atoms with Crippen molar-refractivity contribution < 1.29 is 14.2 Å². The van der Waals surface area contributed by atoms with E-state index < -0.39 is 5.82 Å². The Bertz CT molecular complexity index is 802. The third-order valence-electron chi connectivity index (χ3n) is 3.32. The lowest BCUT2D eigenvalue weighted by atomic mass is 10.1. The molecule has 22 heavy (non-hydrogen) atoms. The Hall–Kier alpha value is -2.73. The lowest BCUT2D eigenvalue weighted by molar-refractivity contribution is 0.277. The van der Waals surface area contributed by atoms with Crippen LogP contribution in [0.4, 0.5) is 4.39 Å². The van der Waals surface area contributed by atoms with Gasteiger partial charge in [0.1, 0.15) is 23.0 Å². The molecule has 0 saturated carbocycles. The Kier molecular flexibility index (Phi) is 3.84. The van der Waals surface area contributed by atoms with Gasteiger partial charge in [0.15, 0.2) is 0 Å². The maximum absolute atomic E-state index is 14.1. The largest absolute Gasteiger partial charge is 0.497 e. The van der Waals surface area contributed by atoms with Crippen LogP contribution in [0.25, 0.3) is 16.9 Å². The number of aromatic nitrogens is 3. The first-order valence-electron chi connectivity index (χ1n) is 6.69. The van der Waals surface area contributed by atoms with Crippen LogP contribution in [-0.2, 0) is 6.61 Å². The van der Waals surface area contributed by atoms with Gasteiger partial charge in [0, 0.05) is 11.6 Å². The Balaban J connectivity index is 2.21. The molecule has 0 bridgehead atoms. The summed E-state index contributed by atoms with van der Waals surface area (Å²) in [5, 5.41) is 17.4. The second kappa shape index (κ2) is 5.95. The van der Waals surface area contributed by atoms with Gasteiger partial charge in [-0.2, -0.15) is 0 Å². The van der Waals surface area contributed by atoms with Crippen LogP contribution < -0.4 is 4.74 Å². The summed E-state index contributed by atoms with van der Waals surface area (Å²) >= 11 is 0. The van der Waals surface area contributed by atoms with Crippen LogP contribution in [-0.4, -0.2) is 27.2 Å². The number of aliphatic hydroxyl groups is 1. The van der Waals surface area contributed by atoms with Gasteiger partial charge < -0.3 is 9.84 Å². The molecule has 0 saturated heterocycles.